The molecule has 1 aromatic heterocycles. The maximum atomic E-state index is 13.7. The average molecular weight is 314 g/mol. The molecule has 4 nitrogen and oxygen atoms in total. The number of hydrogen-bond acceptors (Lipinski definition) is 3. The number of piperidine rings is 1. The van der Waals surface area contributed by atoms with Gasteiger partial charge in [-0.3, -0.25) is 14.7 Å². The molecule has 1 aromatic carbocycles. The molecule has 1 fully saturated rings. The fraction of sp³-hybridized carbons (Fsp3) is 0.333. The van der Waals surface area contributed by atoms with Gasteiger partial charge in [-0.2, -0.15) is 0 Å². The van der Waals surface area contributed by atoms with E-state index in [9.17, 15) is 14.3 Å². The molecule has 3 rings (SSSR count). The molecule has 0 bridgehead atoms. The number of likely N-dealkylation sites (tertiary alicyclic amines) is 1. The number of benzene rings is 1. The lowest BCUT2D eigenvalue weighted by Gasteiger charge is -2.37. The van der Waals surface area contributed by atoms with Crippen LogP contribution in [0.3, 0.4) is 0 Å². The highest BCUT2D eigenvalue weighted by Gasteiger charge is 2.31. The van der Waals surface area contributed by atoms with Crippen molar-refractivity contribution >= 4 is 5.97 Å². The highest BCUT2D eigenvalue weighted by atomic mass is 19.1. The van der Waals surface area contributed by atoms with Gasteiger partial charge in [0, 0.05) is 18.9 Å². The van der Waals surface area contributed by atoms with Crippen LogP contribution >= 0.6 is 0 Å². The van der Waals surface area contributed by atoms with Gasteiger partial charge < -0.3 is 5.11 Å². The van der Waals surface area contributed by atoms with E-state index in [1.165, 1.54) is 12.1 Å². The molecule has 1 N–H and O–H groups in total. The van der Waals surface area contributed by atoms with Crippen molar-refractivity contribution in [1.82, 2.24) is 9.88 Å². The Bertz CT molecular complexity index is 678. The summed E-state index contributed by atoms with van der Waals surface area (Å²) in [7, 11) is 0. The van der Waals surface area contributed by atoms with Gasteiger partial charge in [-0.15, -0.1) is 0 Å². The van der Waals surface area contributed by atoms with Crippen molar-refractivity contribution in [2.24, 2.45) is 5.92 Å². The standard InChI is InChI=1S/C18H19FN2O2/c19-16-7-1-4-13(10-16)17(14-5-2-8-20-11-14)21-9-3-6-15(12-21)18(22)23/h1-2,4-5,7-8,10-11,15,17H,3,6,9,12H2,(H,22,23). The summed E-state index contributed by atoms with van der Waals surface area (Å²) in [6.07, 6.45) is 4.97. The topological polar surface area (TPSA) is 53.4 Å². The Balaban J connectivity index is 1.97. The van der Waals surface area contributed by atoms with Gasteiger partial charge in [-0.05, 0) is 48.7 Å². The van der Waals surface area contributed by atoms with Gasteiger partial charge in [0.2, 0.25) is 0 Å². The molecular weight excluding hydrogens is 295 g/mol. The van der Waals surface area contributed by atoms with E-state index in [1.54, 1.807) is 18.5 Å². The summed E-state index contributed by atoms with van der Waals surface area (Å²) in [5.74, 6) is -1.43. The van der Waals surface area contributed by atoms with Crippen molar-refractivity contribution in [1.29, 1.82) is 0 Å². The molecule has 0 spiro atoms. The Kier molecular flexibility index (Phi) is 4.67. The molecule has 0 radical (unpaired) electrons. The summed E-state index contributed by atoms with van der Waals surface area (Å²) >= 11 is 0. The molecule has 2 unspecified atom stereocenters. The smallest absolute Gasteiger partial charge is 0.307 e. The van der Waals surface area contributed by atoms with Gasteiger partial charge in [0.05, 0.1) is 12.0 Å². The van der Waals surface area contributed by atoms with E-state index in [0.29, 0.717) is 13.0 Å². The van der Waals surface area contributed by atoms with Crippen molar-refractivity contribution in [3.05, 3.63) is 65.7 Å². The van der Waals surface area contributed by atoms with Crippen molar-refractivity contribution in [2.75, 3.05) is 13.1 Å². The molecule has 2 heterocycles. The minimum Gasteiger partial charge on any atom is -0.481 e. The summed E-state index contributed by atoms with van der Waals surface area (Å²) in [5.41, 5.74) is 1.77. The summed E-state index contributed by atoms with van der Waals surface area (Å²) < 4.78 is 13.7. The number of aromatic nitrogens is 1. The third kappa shape index (κ3) is 3.56. The molecule has 1 aliphatic heterocycles. The molecule has 1 saturated heterocycles. The first-order chi connectivity index (χ1) is 11.1. The van der Waals surface area contributed by atoms with Crippen molar-refractivity contribution in [3.8, 4) is 0 Å². The fourth-order valence-corrected chi connectivity index (χ4v) is 3.27. The first kappa shape index (κ1) is 15.6. The predicted molar refractivity (Wildman–Crippen MR) is 84.4 cm³/mol. The SMILES string of the molecule is O=C(O)C1CCCN(C(c2cccnc2)c2cccc(F)c2)C1. The zero-order chi connectivity index (χ0) is 16.2. The van der Waals surface area contributed by atoms with Crippen LogP contribution in [-0.2, 0) is 4.79 Å². The second-order valence-corrected chi connectivity index (χ2v) is 5.92. The van der Waals surface area contributed by atoms with Gasteiger partial charge in [0.25, 0.3) is 0 Å². The summed E-state index contributed by atoms with van der Waals surface area (Å²) in [4.78, 5) is 17.6. The van der Waals surface area contributed by atoms with Crippen molar-refractivity contribution in [3.63, 3.8) is 0 Å². The monoisotopic (exact) mass is 314 g/mol. The maximum Gasteiger partial charge on any atom is 0.307 e. The second kappa shape index (κ2) is 6.87. The van der Waals surface area contributed by atoms with E-state index < -0.39 is 5.97 Å². The van der Waals surface area contributed by atoms with E-state index in [0.717, 1.165) is 24.1 Å². The van der Waals surface area contributed by atoms with E-state index >= 15 is 0 Å². The van der Waals surface area contributed by atoms with Gasteiger partial charge in [-0.1, -0.05) is 18.2 Å². The lowest BCUT2D eigenvalue weighted by molar-refractivity contribution is -0.143. The molecule has 1 aliphatic rings. The van der Waals surface area contributed by atoms with E-state index in [4.69, 9.17) is 0 Å². The Hall–Kier alpha value is -2.27. The second-order valence-electron chi connectivity index (χ2n) is 5.92. The fourth-order valence-electron chi connectivity index (χ4n) is 3.27. The van der Waals surface area contributed by atoms with Gasteiger partial charge in [0.1, 0.15) is 5.82 Å². The third-order valence-corrected chi connectivity index (χ3v) is 4.33. The molecule has 5 heteroatoms. The van der Waals surface area contributed by atoms with Crippen LogP contribution in [0.15, 0.2) is 48.8 Å². The van der Waals surface area contributed by atoms with Crippen LogP contribution in [-0.4, -0.2) is 34.0 Å². The normalized spacial score (nSPS) is 20.1. The van der Waals surface area contributed by atoms with Crippen LogP contribution < -0.4 is 0 Å². The van der Waals surface area contributed by atoms with Gasteiger partial charge >= 0.3 is 5.97 Å². The molecule has 2 atom stereocenters. The Morgan fingerprint density at radius 3 is 2.83 bits per heavy atom. The van der Waals surface area contributed by atoms with Gasteiger partial charge in [-0.25, -0.2) is 4.39 Å². The van der Waals surface area contributed by atoms with Crippen LogP contribution in [0.5, 0.6) is 0 Å². The van der Waals surface area contributed by atoms with Crippen LogP contribution in [0, 0.1) is 11.7 Å². The quantitative estimate of drug-likeness (QED) is 0.942. The van der Waals surface area contributed by atoms with Crippen LogP contribution in [0.4, 0.5) is 4.39 Å². The number of nitrogens with zero attached hydrogens (tertiary/aromatic N) is 2. The number of carbonyl (C=O) groups is 1. The zero-order valence-electron chi connectivity index (χ0n) is 12.7. The highest BCUT2D eigenvalue weighted by Crippen LogP contribution is 2.32. The number of carboxylic acids is 1. The Morgan fingerprint density at radius 1 is 1.30 bits per heavy atom. The third-order valence-electron chi connectivity index (χ3n) is 4.33. The minimum atomic E-state index is -0.765. The molecular formula is C18H19FN2O2. The first-order valence-corrected chi connectivity index (χ1v) is 7.77. The van der Waals surface area contributed by atoms with E-state index in [2.05, 4.69) is 9.88 Å². The number of carboxylic acid groups (broad SMARTS) is 1. The Morgan fingerprint density at radius 2 is 2.13 bits per heavy atom. The highest BCUT2D eigenvalue weighted by molar-refractivity contribution is 5.70. The molecule has 120 valence electrons. The number of aliphatic carboxylic acids is 1. The molecule has 0 aliphatic carbocycles. The number of rotatable bonds is 4. The Labute approximate surface area is 134 Å². The van der Waals surface area contributed by atoms with E-state index in [1.807, 2.05) is 18.2 Å². The molecule has 0 amide bonds. The average Bonchev–Trinajstić information content (AvgIpc) is 2.56. The van der Waals surface area contributed by atoms with Crippen LogP contribution in [0.1, 0.15) is 30.0 Å². The van der Waals surface area contributed by atoms with Crippen LogP contribution in [0.25, 0.3) is 0 Å². The summed E-state index contributed by atoms with van der Waals surface area (Å²) in [6.45, 7) is 1.26. The number of halogens is 1. The lowest BCUT2D eigenvalue weighted by atomic mass is 9.92. The predicted octanol–water partition coefficient (Wildman–Crippen LogP) is 3.11. The first-order valence-electron chi connectivity index (χ1n) is 7.77. The maximum absolute atomic E-state index is 13.7. The van der Waals surface area contributed by atoms with E-state index in [-0.39, 0.29) is 17.8 Å². The lowest BCUT2D eigenvalue weighted by Crippen LogP contribution is -2.41. The van der Waals surface area contributed by atoms with Crippen LogP contribution in [0.2, 0.25) is 0 Å². The van der Waals surface area contributed by atoms with Crippen molar-refractivity contribution < 1.29 is 14.3 Å². The minimum absolute atomic E-state index is 0.179. The van der Waals surface area contributed by atoms with Crippen molar-refractivity contribution in [2.45, 2.75) is 18.9 Å². The number of hydrogen-bond donors (Lipinski definition) is 1. The summed E-state index contributed by atoms with van der Waals surface area (Å²) in [5, 5.41) is 9.32. The largest absolute Gasteiger partial charge is 0.481 e. The zero-order valence-corrected chi connectivity index (χ0v) is 12.7. The number of pyridine rings is 1. The van der Waals surface area contributed by atoms with Gasteiger partial charge in [0.15, 0.2) is 0 Å². The molecule has 0 saturated carbocycles. The summed E-state index contributed by atoms with van der Waals surface area (Å²) in [6, 6.07) is 10.1. The molecule has 2 aromatic rings. The molecule has 23 heavy (non-hydrogen) atoms.